The lowest BCUT2D eigenvalue weighted by Gasteiger charge is -2.12. The first-order valence-corrected chi connectivity index (χ1v) is 10.1. The fourth-order valence-electron chi connectivity index (χ4n) is 2.44. The van der Waals surface area contributed by atoms with Gasteiger partial charge in [-0.05, 0) is 35.7 Å². The SMILES string of the molecule is COc1ccc(NC(=O)CSc2nc3ccsc3c(=O)n2CCC(=O)[O-])cc1. The summed E-state index contributed by atoms with van der Waals surface area (Å²) in [5.41, 5.74) is 0.819. The van der Waals surface area contributed by atoms with Crippen molar-refractivity contribution in [2.24, 2.45) is 0 Å². The minimum atomic E-state index is -1.26. The Labute approximate surface area is 168 Å². The average molecular weight is 418 g/mol. The number of aliphatic carboxylic acids is 1. The van der Waals surface area contributed by atoms with Gasteiger partial charge in [-0.1, -0.05) is 11.8 Å². The van der Waals surface area contributed by atoms with Gasteiger partial charge in [-0.25, -0.2) is 4.98 Å². The molecule has 1 N–H and O–H groups in total. The zero-order chi connectivity index (χ0) is 20.1. The number of thiophene rings is 1. The summed E-state index contributed by atoms with van der Waals surface area (Å²) < 4.78 is 6.80. The molecule has 0 fully saturated rings. The second kappa shape index (κ2) is 8.89. The largest absolute Gasteiger partial charge is 0.550 e. The van der Waals surface area contributed by atoms with Crippen LogP contribution in [0.25, 0.3) is 10.2 Å². The van der Waals surface area contributed by atoms with Crippen LogP contribution < -0.4 is 20.7 Å². The summed E-state index contributed by atoms with van der Waals surface area (Å²) in [6.45, 7) is -0.0650. The molecule has 0 bridgehead atoms. The molecule has 3 aromatic rings. The van der Waals surface area contributed by atoms with Crippen molar-refractivity contribution in [3.05, 3.63) is 46.1 Å². The number of hydrogen-bond acceptors (Lipinski definition) is 8. The van der Waals surface area contributed by atoms with Crippen LogP contribution in [0.5, 0.6) is 5.75 Å². The van der Waals surface area contributed by atoms with Crippen LogP contribution in [-0.4, -0.2) is 34.3 Å². The smallest absolute Gasteiger partial charge is 0.272 e. The predicted molar refractivity (Wildman–Crippen MR) is 106 cm³/mol. The first-order chi connectivity index (χ1) is 13.5. The first kappa shape index (κ1) is 19.9. The van der Waals surface area contributed by atoms with Gasteiger partial charge in [-0.15, -0.1) is 11.3 Å². The van der Waals surface area contributed by atoms with Gasteiger partial charge in [-0.2, -0.15) is 0 Å². The van der Waals surface area contributed by atoms with Gasteiger partial charge >= 0.3 is 0 Å². The zero-order valence-electron chi connectivity index (χ0n) is 14.8. The Hall–Kier alpha value is -2.85. The van der Waals surface area contributed by atoms with Gasteiger partial charge in [0.2, 0.25) is 5.91 Å². The van der Waals surface area contributed by atoms with Crippen LogP contribution in [0.15, 0.2) is 45.7 Å². The number of thioether (sulfide) groups is 1. The quantitative estimate of drug-likeness (QED) is 0.434. The number of carbonyl (C=O) groups is 2. The predicted octanol–water partition coefficient (Wildman–Crippen LogP) is 1.34. The van der Waals surface area contributed by atoms with E-state index in [9.17, 15) is 19.5 Å². The van der Waals surface area contributed by atoms with E-state index in [1.54, 1.807) is 42.8 Å². The van der Waals surface area contributed by atoms with Crippen molar-refractivity contribution in [2.75, 3.05) is 18.2 Å². The summed E-state index contributed by atoms with van der Waals surface area (Å²) in [5.74, 6) is -0.843. The van der Waals surface area contributed by atoms with Crippen molar-refractivity contribution >= 4 is 50.9 Å². The highest BCUT2D eigenvalue weighted by Crippen LogP contribution is 2.22. The van der Waals surface area contributed by atoms with Crippen LogP contribution in [-0.2, 0) is 16.1 Å². The maximum atomic E-state index is 12.6. The van der Waals surface area contributed by atoms with Gasteiger partial charge in [0.05, 0.1) is 18.4 Å². The highest BCUT2D eigenvalue weighted by molar-refractivity contribution is 7.99. The van der Waals surface area contributed by atoms with E-state index in [0.717, 1.165) is 11.8 Å². The van der Waals surface area contributed by atoms with E-state index in [1.807, 2.05) is 0 Å². The second-order valence-electron chi connectivity index (χ2n) is 5.67. The molecular formula is C18H16N3O5S2-. The standard InChI is InChI=1S/C18H17N3O5S2/c1-26-12-4-2-11(3-5-12)19-14(22)10-28-18-20-13-7-9-27-16(13)17(25)21(18)8-6-15(23)24/h2-5,7,9H,6,8,10H2,1H3,(H,19,22)(H,23,24)/p-1. The van der Waals surface area contributed by atoms with E-state index >= 15 is 0 Å². The lowest BCUT2D eigenvalue weighted by atomic mass is 10.3. The minimum Gasteiger partial charge on any atom is -0.550 e. The molecular weight excluding hydrogens is 402 g/mol. The second-order valence-corrected chi connectivity index (χ2v) is 7.53. The number of fused-ring (bicyclic) bond motifs is 1. The van der Waals surface area contributed by atoms with Crippen molar-refractivity contribution in [3.63, 3.8) is 0 Å². The molecule has 0 aliphatic carbocycles. The van der Waals surface area contributed by atoms with Crippen LogP contribution in [0, 0.1) is 0 Å². The Balaban J connectivity index is 1.74. The van der Waals surface area contributed by atoms with Crippen molar-refractivity contribution in [2.45, 2.75) is 18.1 Å². The summed E-state index contributed by atoms with van der Waals surface area (Å²) in [6.07, 6.45) is -0.315. The van der Waals surface area contributed by atoms with E-state index < -0.39 is 5.97 Å². The fourth-order valence-corrected chi connectivity index (χ4v) is 4.04. The molecule has 1 aromatic carbocycles. The summed E-state index contributed by atoms with van der Waals surface area (Å²) in [7, 11) is 1.56. The molecule has 28 heavy (non-hydrogen) atoms. The molecule has 8 nitrogen and oxygen atoms in total. The van der Waals surface area contributed by atoms with Gasteiger partial charge in [0.25, 0.3) is 5.56 Å². The molecule has 0 saturated heterocycles. The number of carboxylic acid groups (broad SMARTS) is 1. The number of methoxy groups -OCH3 is 1. The van der Waals surface area contributed by atoms with E-state index in [0.29, 0.717) is 26.8 Å². The van der Waals surface area contributed by atoms with Gasteiger partial charge in [-0.3, -0.25) is 14.2 Å². The van der Waals surface area contributed by atoms with Crippen LogP contribution in [0.1, 0.15) is 6.42 Å². The molecule has 2 aromatic heterocycles. The molecule has 0 radical (unpaired) electrons. The van der Waals surface area contributed by atoms with Crippen molar-refractivity contribution in [3.8, 4) is 5.75 Å². The molecule has 1 amide bonds. The van der Waals surface area contributed by atoms with Crippen LogP contribution in [0.2, 0.25) is 0 Å². The normalized spacial score (nSPS) is 10.8. The monoisotopic (exact) mass is 418 g/mol. The number of ether oxygens (including phenoxy) is 1. The van der Waals surface area contributed by atoms with Gasteiger partial charge in [0.15, 0.2) is 5.16 Å². The number of carbonyl (C=O) groups excluding carboxylic acids is 2. The molecule has 3 rings (SSSR count). The van der Waals surface area contributed by atoms with E-state index in [1.165, 1.54) is 15.9 Å². The lowest BCUT2D eigenvalue weighted by molar-refractivity contribution is -0.306. The van der Waals surface area contributed by atoms with Crippen molar-refractivity contribution < 1.29 is 19.4 Å². The third kappa shape index (κ3) is 4.70. The number of hydrogen-bond donors (Lipinski definition) is 1. The molecule has 10 heteroatoms. The number of anilines is 1. The Bertz CT molecular complexity index is 1060. The number of carboxylic acids is 1. The van der Waals surface area contributed by atoms with Crippen LogP contribution in [0.4, 0.5) is 5.69 Å². The van der Waals surface area contributed by atoms with Crippen LogP contribution >= 0.6 is 23.1 Å². The third-order valence-corrected chi connectivity index (χ3v) is 5.64. The fraction of sp³-hybridized carbons (Fsp3) is 0.222. The topological polar surface area (TPSA) is 113 Å². The van der Waals surface area contributed by atoms with Gasteiger partial charge in [0.1, 0.15) is 10.4 Å². The van der Waals surface area contributed by atoms with E-state index in [4.69, 9.17) is 4.74 Å². The third-order valence-electron chi connectivity index (χ3n) is 3.78. The Morgan fingerprint density at radius 2 is 2.04 bits per heavy atom. The minimum absolute atomic E-state index is 0.0133. The van der Waals surface area contributed by atoms with Crippen molar-refractivity contribution in [1.82, 2.24) is 9.55 Å². The summed E-state index contributed by atoms with van der Waals surface area (Å²) in [4.78, 5) is 40.1. The molecule has 0 atom stereocenters. The maximum absolute atomic E-state index is 12.6. The summed E-state index contributed by atoms with van der Waals surface area (Å²) >= 11 is 2.32. The van der Waals surface area contributed by atoms with Crippen LogP contribution in [0.3, 0.4) is 0 Å². The Morgan fingerprint density at radius 1 is 1.29 bits per heavy atom. The van der Waals surface area contributed by atoms with Crippen molar-refractivity contribution in [1.29, 1.82) is 0 Å². The number of amides is 1. The molecule has 0 aliphatic heterocycles. The van der Waals surface area contributed by atoms with E-state index in [2.05, 4.69) is 10.3 Å². The molecule has 2 heterocycles. The number of aromatic nitrogens is 2. The Morgan fingerprint density at radius 3 is 2.71 bits per heavy atom. The first-order valence-electron chi connectivity index (χ1n) is 8.22. The number of nitrogens with zero attached hydrogens (tertiary/aromatic N) is 2. The number of rotatable bonds is 8. The number of benzene rings is 1. The highest BCUT2D eigenvalue weighted by Gasteiger charge is 2.14. The van der Waals surface area contributed by atoms with Gasteiger partial charge < -0.3 is 20.0 Å². The summed E-state index contributed by atoms with van der Waals surface area (Å²) in [6, 6.07) is 8.60. The van der Waals surface area contributed by atoms with E-state index in [-0.39, 0.29) is 30.2 Å². The molecule has 0 spiro atoms. The Kier molecular flexibility index (Phi) is 6.32. The average Bonchev–Trinajstić information content (AvgIpc) is 3.15. The van der Waals surface area contributed by atoms with Gasteiger partial charge in [0, 0.05) is 24.6 Å². The molecule has 0 unspecified atom stereocenters. The zero-order valence-corrected chi connectivity index (χ0v) is 16.5. The molecule has 0 saturated carbocycles. The maximum Gasteiger partial charge on any atom is 0.272 e. The molecule has 0 aliphatic rings. The number of nitrogens with one attached hydrogen (secondary N) is 1. The lowest BCUT2D eigenvalue weighted by Crippen LogP contribution is -2.29. The molecule has 146 valence electrons. The highest BCUT2D eigenvalue weighted by atomic mass is 32.2. The summed E-state index contributed by atoms with van der Waals surface area (Å²) in [5, 5.41) is 15.6.